The van der Waals surface area contributed by atoms with Gasteiger partial charge in [0.25, 0.3) is 0 Å². The summed E-state index contributed by atoms with van der Waals surface area (Å²) in [5.74, 6) is -0.263. The third kappa shape index (κ3) is 6.54. The second-order valence-corrected chi connectivity index (χ2v) is 10.00. The summed E-state index contributed by atoms with van der Waals surface area (Å²) in [5.41, 5.74) is 1.74. The monoisotopic (exact) mass is 498 g/mol. The number of ether oxygens (including phenoxy) is 1. The molecule has 0 fully saturated rings. The van der Waals surface area contributed by atoms with Crippen molar-refractivity contribution in [2.24, 2.45) is 0 Å². The Morgan fingerprint density at radius 1 is 1.09 bits per heavy atom. The third-order valence-corrected chi connectivity index (χ3v) is 7.16. The van der Waals surface area contributed by atoms with Gasteiger partial charge in [0, 0.05) is 6.54 Å². The van der Waals surface area contributed by atoms with Crippen LogP contribution in [-0.4, -0.2) is 44.3 Å². The van der Waals surface area contributed by atoms with Crippen LogP contribution < -0.4 is 10.0 Å². The van der Waals surface area contributed by atoms with E-state index in [1.807, 2.05) is 6.92 Å². The Labute approximate surface area is 197 Å². The van der Waals surface area contributed by atoms with Crippen LogP contribution in [0.4, 0.5) is 0 Å². The summed E-state index contributed by atoms with van der Waals surface area (Å²) in [6.45, 7) is 1.73. The van der Waals surface area contributed by atoms with E-state index in [4.69, 9.17) is 27.9 Å². The van der Waals surface area contributed by atoms with Crippen LogP contribution in [0.3, 0.4) is 0 Å². The van der Waals surface area contributed by atoms with Gasteiger partial charge >= 0.3 is 0 Å². The number of nitrogens with one attached hydrogen (secondary N) is 2. The smallest absolute Gasteiger partial charge is 0.241 e. The van der Waals surface area contributed by atoms with Gasteiger partial charge in [-0.1, -0.05) is 59.1 Å². The molecule has 1 aliphatic rings. The molecule has 0 unspecified atom stereocenters. The van der Waals surface area contributed by atoms with E-state index >= 15 is 0 Å². The maximum atomic E-state index is 12.6. The second-order valence-electron chi connectivity index (χ2n) is 7.47. The molecule has 0 aromatic heterocycles. The molecule has 3 rings (SSSR count). The van der Waals surface area contributed by atoms with Crippen molar-refractivity contribution in [2.75, 3.05) is 6.61 Å². The summed E-state index contributed by atoms with van der Waals surface area (Å²) in [5, 5.41) is 13.3. The number of rotatable bonds is 8. The number of sulfonamides is 1. The molecule has 0 spiro atoms. The number of amides is 1. The Morgan fingerprint density at radius 3 is 2.47 bits per heavy atom. The number of hydrogen-bond acceptors (Lipinski definition) is 5. The molecule has 32 heavy (non-hydrogen) atoms. The Bertz CT molecular complexity index is 1090. The van der Waals surface area contributed by atoms with Crippen molar-refractivity contribution < 1.29 is 23.1 Å². The third-order valence-electron chi connectivity index (χ3n) is 4.95. The Morgan fingerprint density at radius 2 is 1.81 bits per heavy atom. The zero-order valence-electron chi connectivity index (χ0n) is 17.3. The predicted octanol–water partition coefficient (Wildman–Crippen LogP) is 2.97. The average Bonchev–Trinajstić information content (AvgIpc) is 2.75. The zero-order valence-corrected chi connectivity index (χ0v) is 19.6. The zero-order chi connectivity index (χ0) is 23.3. The molecule has 3 N–H and O–H groups in total. The highest BCUT2D eigenvalue weighted by atomic mass is 35.5. The summed E-state index contributed by atoms with van der Waals surface area (Å²) < 4.78 is 33.5. The van der Waals surface area contributed by atoms with Gasteiger partial charge in [0.15, 0.2) is 0 Å². The molecule has 1 heterocycles. The number of carbonyl (C=O) groups is 1. The van der Waals surface area contributed by atoms with Gasteiger partial charge < -0.3 is 15.2 Å². The second kappa shape index (κ2) is 10.8. The first kappa shape index (κ1) is 24.7. The number of halogens is 2. The van der Waals surface area contributed by atoms with Crippen molar-refractivity contribution in [1.29, 1.82) is 0 Å². The normalized spacial score (nSPS) is 20.8. The van der Waals surface area contributed by atoms with Gasteiger partial charge in [-0.15, -0.1) is 0 Å². The van der Waals surface area contributed by atoms with Crippen LogP contribution in [-0.2, 0) is 26.1 Å². The number of aliphatic hydroxyl groups is 1. The van der Waals surface area contributed by atoms with Crippen LogP contribution in [0.5, 0.6) is 0 Å². The summed E-state index contributed by atoms with van der Waals surface area (Å²) in [7, 11) is -3.80. The van der Waals surface area contributed by atoms with E-state index in [-0.39, 0.29) is 23.8 Å². The molecule has 3 atom stereocenters. The van der Waals surface area contributed by atoms with E-state index in [1.54, 1.807) is 42.5 Å². The largest absolute Gasteiger partial charge is 0.394 e. The number of aliphatic hydroxyl groups excluding tert-OH is 1. The maximum Gasteiger partial charge on any atom is 0.241 e. The lowest BCUT2D eigenvalue weighted by Gasteiger charge is -2.31. The number of aryl methyl sites for hydroxylation is 1. The van der Waals surface area contributed by atoms with E-state index in [9.17, 15) is 18.3 Å². The quantitative estimate of drug-likeness (QED) is 0.485. The summed E-state index contributed by atoms with van der Waals surface area (Å²) in [6.07, 6.45) is 1.82. The van der Waals surface area contributed by atoms with Crippen LogP contribution in [0.15, 0.2) is 59.5 Å². The summed E-state index contributed by atoms with van der Waals surface area (Å²) >= 11 is 11.9. The van der Waals surface area contributed by atoms with Crippen molar-refractivity contribution >= 4 is 39.1 Å². The molecule has 2 aromatic carbocycles. The molecule has 0 saturated heterocycles. The van der Waals surface area contributed by atoms with Gasteiger partial charge in [-0.05, 0) is 36.8 Å². The predicted molar refractivity (Wildman–Crippen MR) is 123 cm³/mol. The highest BCUT2D eigenvalue weighted by Gasteiger charge is 2.31. The molecule has 7 nitrogen and oxygen atoms in total. The lowest BCUT2D eigenvalue weighted by Crippen LogP contribution is -2.49. The molecule has 172 valence electrons. The minimum Gasteiger partial charge on any atom is -0.394 e. The lowest BCUT2D eigenvalue weighted by atomic mass is 10.1. The summed E-state index contributed by atoms with van der Waals surface area (Å²) in [6, 6.07) is 10.8. The number of hydrogen-bond donors (Lipinski definition) is 3. The highest BCUT2D eigenvalue weighted by molar-refractivity contribution is 7.89. The van der Waals surface area contributed by atoms with Crippen molar-refractivity contribution in [1.82, 2.24) is 10.0 Å². The van der Waals surface area contributed by atoms with Crippen LogP contribution in [0.1, 0.15) is 17.5 Å². The van der Waals surface area contributed by atoms with Crippen molar-refractivity contribution in [2.45, 2.75) is 43.0 Å². The van der Waals surface area contributed by atoms with E-state index < -0.39 is 34.9 Å². The lowest BCUT2D eigenvalue weighted by molar-refractivity contribution is -0.125. The first-order chi connectivity index (χ1) is 15.2. The topological polar surface area (TPSA) is 105 Å². The standard InChI is InChI=1S/C22H24Cl2N2O5S/c1-14-2-6-17(7-3-14)32(29,30)26-20-9-5-16(31-21(20)13-27)11-22(28)25-12-15-4-8-18(23)19(24)10-15/h2-10,16,20-21,26-27H,11-13H2,1H3,(H,25,28)/t16-,20+,21+/m1/s1. The molecule has 0 saturated carbocycles. The van der Waals surface area contributed by atoms with Crippen LogP contribution in [0.2, 0.25) is 10.0 Å². The Hall–Kier alpha value is -1.94. The SMILES string of the molecule is Cc1ccc(S(=O)(=O)N[C@H]2C=C[C@H](CC(=O)NCc3ccc(Cl)c(Cl)c3)O[C@H]2CO)cc1. The molecule has 0 aliphatic carbocycles. The van der Waals surface area contributed by atoms with Gasteiger partial charge in [0.05, 0.1) is 40.1 Å². The molecular weight excluding hydrogens is 475 g/mol. The molecule has 0 bridgehead atoms. The minimum absolute atomic E-state index is 0.0196. The molecule has 10 heteroatoms. The van der Waals surface area contributed by atoms with E-state index in [2.05, 4.69) is 10.0 Å². The van der Waals surface area contributed by atoms with Crippen LogP contribution in [0, 0.1) is 6.92 Å². The van der Waals surface area contributed by atoms with Gasteiger partial charge in [-0.2, -0.15) is 0 Å². The number of carbonyl (C=O) groups excluding carboxylic acids is 1. The first-order valence-electron chi connectivity index (χ1n) is 9.92. The molecule has 1 aliphatic heterocycles. The molecule has 2 aromatic rings. The minimum atomic E-state index is -3.80. The first-order valence-corrected chi connectivity index (χ1v) is 12.2. The fourth-order valence-electron chi connectivity index (χ4n) is 3.18. The Balaban J connectivity index is 1.57. The number of benzene rings is 2. The maximum absolute atomic E-state index is 12.6. The van der Waals surface area contributed by atoms with E-state index in [0.29, 0.717) is 10.0 Å². The molecular formula is C22H24Cl2N2O5S. The van der Waals surface area contributed by atoms with Crippen molar-refractivity contribution in [3.05, 3.63) is 75.8 Å². The summed E-state index contributed by atoms with van der Waals surface area (Å²) in [4.78, 5) is 12.4. The van der Waals surface area contributed by atoms with Gasteiger partial charge in [-0.25, -0.2) is 13.1 Å². The molecule has 0 radical (unpaired) electrons. The van der Waals surface area contributed by atoms with Crippen molar-refractivity contribution in [3.63, 3.8) is 0 Å². The van der Waals surface area contributed by atoms with Gasteiger partial charge in [-0.3, -0.25) is 4.79 Å². The van der Waals surface area contributed by atoms with Crippen LogP contribution in [0.25, 0.3) is 0 Å². The van der Waals surface area contributed by atoms with Crippen molar-refractivity contribution in [3.8, 4) is 0 Å². The average molecular weight is 499 g/mol. The van der Waals surface area contributed by atoms with Gasteiger partial charge in [0.2, 0.25) is 15.9 Å². The fourth-order valence-corrected chi connectivity index (χ4v) is 4.72. The van der Waals surface area contributed by atoms with E-state index in [0.717, 1.165) is 11.1 Å². The van der Waals surface area contributed by atoms with E-state index in [1.165, 1.54) is 12.1 Å². The van der Waals surface area contributed by atoms with Gasteiger partial charge in [0.1, 0.15) is 6.10 Å². The fraction of sp³-hybridized carbons (Fsp3) is 0.318. The molecule has 1 amide bonds. The van der Waals surface area contributed by atoms with Crippen LogP contribution >= 0.6 is 23.2 Å². The highest BCUT2D eigenvalue weighted by Crippen LogP contribution is 2.23. The Kier molecular flexibility index (Phi) is 8.32.